The maximum Gasteiger partial charge on any atom is 0.336 e. The quantitative estimate of drug-likeness (QED) is 0.258. The maximum atomic E-state index is 14.9. The molecule has 1 atom stereocenters. The minimum Gasteiger partial charge on any atom is -0.338 e. The zero-order valence-corrected chi connectivity index (χ0v) is 25.7. The van der Waals surface area contributed by atoms with E-state index in [1.54, 1.807) is 44.2 Å². The van der Waals surface area contributed by atoms with E-state index >= 15 is 0 Å². The van der Waals surface area contributed by atoms with Crippen molar-refractivity contribution in [2.45, 2.75) is 59.2 Å². The fourth-order valence-corrected chi connectivity index (χ4v) is 6.09. The van der Waals surface area contributed by atoms with Gasteiger partial charge in [-0.15, -0.1) is 0 Å². The van der Waals surface area contributed by atoms with Crippen LogP contribution < -0.4 is 26.8 Å². The molecule has 6 rings (SSSR count). The van der Waals surface area contributed by atoms with Gasteiger partial charge in [0.05, 0.1) is 16.9 Å². The summed E-state index contributed by atoms with van der Waals surface area (Å²) < 4.78 is 37.5. The Labute approximate surface area is 252 Å². The molecule has 1 aliphatic heterocycles. The number of hydrogen-bond acceptors (Lipinski definition) is 7. The summed E-state index contributed by atoms with van der Waals surface area (Å²) in [7, 11) is 1.52. The van der Waals surface area contributed by atoms with Gasteiger partial charge in [-0.05, 0) is 69.0 Å². The second-order valence-electron chi connectivity index (χ2n) is 10.7. The topological polar surface area (TPSA) is 93.3 Å². The van der Waals surface area contributed by atoms with Crippen molar-refractivity contribution in [3.05, 3.63) is 90.6 Å². The van der Waals surface area contributed by atoms with Crippen molar-refractivity contribution >= 4 is 40.2 Å². The molecule has 12 heteroatoms. The van der Waals surface area contributed by atoms with Crippen LogP contribution in [-0.4, -0.2) is 37.3 Å². The van der Waals surface area contributed by atoms with E-state index in [2.05, 4.69) is 10.0 Å². The molecule has 1 saturated heterocycles. The number of nitrogens with zero attached hydrogens (tertiary/aromatic N) is 4. The highest BCUT2D eigenvalue weighted by Crippen LogP contribution is 2.34. The number of halogens is 2. The Balaban J connectivity index is 0.00000180. The number of aromatic nitrogens is 3. The molecule has 2 N–H and O–H groups in total. The third kappa shape index (κ3) is 5.85. The summed E-state index contributed by atoms with van der Waals surface area (Å²) >= 11 is 1.29. The van der Waals surface area contributed by atoms with Gasteiger partial charge >= 0.3 is 5.69 Å². The number of hydrogen-bond donors (Lipinski definition) is 2. The highest BCUT2D eigenvalue weighted by molar-refractivity contribution is 7.98. The molecule has 1 saturated carbocycles. The number of nitrogens with one attached hydrogen (secondary N) is 2. The Morgan fingerprint density at radius 1 is 0.977 bits per heavy atom. The van der Waals surface area contributed by atoms with Crippen molar-refractivity contribution in [3.63, 3.8) is 0 Å². The minimum absolute atomic E-state index is 0.103. The number of anilines is 3. The number of aryl methyl sites for hydroxylation is 2. The van der Waals surface area contributed by atoms with Gasteiger partial charge in [-0.3, -0.25) is 23.3 Å². The molecule has 2 aromatic carbocycles. The molecule has 0 radical (unpaired) electrons. The van der Waals surface area contributed by atoms with Crippen molar-refractivity contribution < 1.29 is 8.78 Å². The van der Waals surface area contributed by atoms with Crippen LogP contribution in [-0.2, 0) is 7.05 Å². The second kappa shape index (κ2) is 12.4. The summed E-state index contributed by atoms with van der Waals surface area (Å²) in [4.78, 5) is 41.4. The van der Waals surface area contributed by atoms with Crippen molar-refractivity contribution in [2.75, 3.05) is 23.1 Å². The third-order valence-corrected chi connectivity index (χ3v) is 8.54. The van der Waals surface area contributed by atoms with Gasteiger partial charge in [0.25, 0.3) is 11.1 Å². The molecule has 1 aliphatic carbocycles. The van der Waals surface area contributed by atoms with Gasteiger partial charge in [-0.1, -0.05) is 26.0 Å². The zero-order valence-electron chi connectivity index (χ0n) is 24.9. The predicted molar refractivity (Wildman–Crippen MR) is 170 cm³/mol. The smallest absolute Gasteiger partial charge is 0.336 e. The van der Waals surface area contributed by atoms with Crippen LogP contribution in [0.15, 0.2) is 56.8 Å². The molecule has 2 fully saturated rings. The maximum absolute atomic E-state index is 14.9. The molecular weight excluding hydrogens is 574 g/mol. The SMILES string of the molecule is CC.Cc1ccc(Nc2c3c(=O)n(C4CC4)c(=O)n(-c4cccc(NSN5CCC(F)C5)c4)c3c(C)c(=O)n2C)c(F)c1. The van der Waals surface area contributed by atoms with E-state index in [-0.39, 0.29) is 34.0 Å². The molecule has 3 heterocycles. The van der Waals surface area contributed by atoms with Crippen LogP contribution in [0.5, 0.6) is 0 Å². The van der Waals surface area contributed by atoms with E-state index in [4.69, 9.17) is 0 Å². The van der Waals surface area contributed by atoms with Crippen LogP contribution in [0.1, 0.15) is 50.3 Å². The van der Waals surface area contributed by atoms with Gasteiger partial charge < -0.3 is 10.0 Å². The van der Waals surface area contributed by atoms with E-state index < -0.39 is 28.8 Å². The Morgan fingerprint density at radius 2 is 1.72 bits per heavy atom. The van der Waals surface area contributed by atoms with Crippen LogP contribution in [0.3, 0.4) is 0 Å². The van der Waals surface area contributed by atoms with Crippen molar-refractivity contribution in [3.8, 4) is 5.69 Å². The first-order chi connectivity index (χ1) is 20.6. The summed E-state index contributed by atoms with van der Waals surface area (Å²) in [5.41, 5.74) is 0.828. The van der Waals surface area contributed by atoms with Crippen molar-refractivity contribution in [2.24, 2.45) is 7.05 Å². The summed E-state index contributed by atoms with van der Waals surface area (Å²) in [6.45, 7) is 8.29. The van der Waals surface area contributed by atoms with Gasteiger partial charge in [0.15, 0.2) is 0 Å². The molecule has 0 amide bonds. The number of pyridine rings is 1. The van der Waals surface area contributed by atoms with Crippen LogP contribution in [0, 0.1) is 19.7 Å². The normalized spacial score (nSPS) is 16.7. The van der Waals surface area contributed by atoms with Crippen LogP contribution in [0.25, 0.3) is 16.6 Å². The lowest BCUT2D eigenvalue weighted by Gasteiger charge is -2.21. The van der Waals surface area contributed by atoms with Gasteiger partial charge in [0.2, 0.25) is 0 Å². The average molecular weight is 611 g/mol. The lowest BCUT2D eigenvalue weighted by Crippen LogP contribution is -2.41. The second-order valence-corrected chi connectivity index (χ2v) is 11.6. The first kappa shape index (κ1) is 30.6. The number of rotatable bonds is 7. The summed E-state index contributed by atoms with van der Waals surface area (Å²) in [6, 6.07) is 11.5. The minimum atomic E-state index is -0.856. The van der Waals surface area contributed by atoms with Crippen LogP contribution in [0.4, 0.5) is 26.0 Å². The monoisotopic (exact) mass is 610 g/mol. The fourth-order valence-electron chi connectivity index (χ4n) is 5.30. The Bertz CT molecular complexity index is 1860. The Morgan fingerprint density at radius 3 is 2.37 bits per heavy atom. The Hall–Kier alpha value is -3.90. The molecule has 1 unspecified atom stereocenters. The molecular formula is C31H36F2N6O3S. The van der Waals surface area contributed by atoms with Gasteiger partial charge in [0, 0.05) is 49.6 Å². The van der Waals surface area contributed by atoms with Crippen molar-refractivity contribution in [1.82, 2.24) is 18.0 Å². The Kier molecular flexibility index (Phi) is 8.79. The van der Waals surface area contributed by atoms with E-state index in [0.717, 1.165) is 5.56 Å². The lowest BCUT2D eigenvalue weighted by atomic mass is 10.1. The molecule has 4 aromatic rings. The number of benzene rings is 2. The van der Waals surface area contributed by atoms with Crippen LogP contribution >= 0.6 is 12.1 Å². The van der Waals surface area contributed by atoms with Gasteiger partial charge in [0.1, 0.15) is 23.2 Å². The third-order valence-electron chi connectivity index (χ3n) is 7.62. The lowest BCUT2D eigenvalue weighted by molar-refractivity contribution is 0.349. The molecule has 43 heavy (non-hydrogen) atoms. The van der Waals surface area contributed by atoms with Crippen molar-refractivity contribution in [1.29, 1.82) is 0 Å². The predicted octanol–water partition coefficient (Wildman–Crippen LogP) is 5.73. The summed E-state index contributed by atoms with van der Waals surface area (Å²) in [6.07, 6.45) is 0.996. The molecule has 2 aromatic heterocycles. The average Bonchev–Trinajstić information content (AvgIpc) is 3.74. The summed E-state index contributed by atoms with van der Waals surface area (Å²) in [5.74, 6) is -0.429. The van der Waals surface area contributed by atoms with Crippen LogP contribution in [0.2, 0.25) is 0 Å². The van der Waals surface area contributed by atoms with E-state index in [1.165, 1.54) is 38.9 Å². The molecule has 2 aliphatic rings. The van der Waals surface area contributed by atoms with E-state index in [1.807, 2.05) is 24.2 Å². The molecule has 0 bridgehead atoms. The largest absolute Gasteiger partial charge is 0.338 e. The molecule has 0 spiro atoms. The molecule has 228 valence electrons. The first-order valence-electron chi connectivity index (χ1n) is 14.5. The summed E-state index contributed by atoms with van der Waals surface area (Å²) in [5, 5.41) is 3.10. The molecule has 9 nitrogen and oxygen atoms in total. The number of alkyl halides is 1. The highest BCUT2D eigenvalue weighted by atomic mass is 32.2. The van der Waals surface area contributed by atoms with E-state index in [9.17, 15) is 23.2 Å². The van der Waals surface area contributed by atoms with Gasteiger partial charge in [-0.2, -0.15) is 0 Å². The number of fused-ring (bicyclic) bond motifs is 1. The standard InChI is InChI=1S/C29H30F2N6O3S.C2H6/c1-16-7-10-23(22(31)13-16)32-26-24-25(17(2)27(38)34(26)3)36(29(40)37(28(24)39)20-8-9-20)21-6-4-5-19(14-21)33-41-35-12-11-18(30)15-35;1-2/h4-7,10,13-14,18,20,32-33H,8-9,11-12,15H2,1-3H3;1-2H3. The highest BCUT2D eigenvalue weighted by Gasteiger charge is 2.32. The zero-order chi connectivity index (χ0) is 31.0. The van der Waals surface area contributed by atoms with Gasteiger partial charge in [-0.25, -0.2) is 17.9 Å². The fraction of sp³-hybridized carbons (Fsp3) is 0.387. The first-order valence-corrected chi connectivity index (χ1v) is 15.3. The van der Waals surface area contributed by atoms with E-state index in [0.29, 0.717) is 43.7 Å².